The van der Waals surface area contributed by atoms with Crippen molar-refractivity contribution in [3.05, 3.63) is 132 Å². The first kappa shape index (κ1) is 21.8. The summed E-state index contributed by atoms with van der Waals surface area (Å²) in [5, 5.41) is 0. The number of rotatable bonds is 7. The number of esters is 1. The predicted octanol–water partition coefficient (Wildman–Crippen LogP) is 7.73. The van der Waals surface area contributed by atoms with E-state index in [0.29, 0.717) is 5.75 Å². The van der Waals surface area contributed by atoms with Crippen molar-refractivity contribution in [1.82, 2.24) is 0 Å². The number of anilines is 3. The predicted molar refractivity (Wildman–Crippen MR) is 137 cm³/mol. The number of para-hydroxylation sites is 1. The Kier molecular flexibility index (Phi) is 6.81. The zero-order valence-corrected chi connectivity index (χ0v) is 18.5. The Morgan fingerprint density at radius 2 is 1.18 bits per heavy atom. The third kappa shape index (κ3) is 5.66. The van der Waals surface area contributed by atoms with Gasteiger partial charge in [0.2, 0.25) is 0 Å². The Morgan fingerprint density at radius 1 is 0.697 bits per heavy atom. The standard InChI is InChI=1S/C30H25NO2/c1-3-30(32)33-29-21-15-25(16-22-29)12-11-24-13-19-28(20-14-24)31(26-7-5-4-6-8-26)27-17-9-23(2)10-18-27/h3-22H,1H2,2H3. The van der Waals surface area contributed by atoms with Crippen LogP contribution in [-0.2, 0) is 4.79 Å². The first-order valence-corrected chi connectivity index (χ1v) is 10.8. The van der Waals surface area contributed by atoms with E-state index in [4.69, 9.17) is 4.74 Å². The maximum atomic E-state index is 11.3. The summed E-state index contributed by atoms with van der Waals surface area (Å²) in [5.41, 5.74) is 6.67. The van der Waals surface area contributed by atoms with Gasteiger partial charge in [0.1, 0.15) is 5.75 Å². The van der Waals surface area contributed by atoms with Crippen LogP contribution in [0, 0.1) is 6.92 Å². The van der Waals surface area contributed by atoms with E-state index in [9.17, 15) is 4.79 Å². The summed E-state index contributed by atoms with van der Waals surface area (Å²) in [6, 6.07) is 34.7. The number of ether oxygens (including phenoxy) is 1. The van der Waals surface area contributed by atoms with Gasteiger partial charge in [0.15, 0.2) is 0 Å². The molecule has 0 atom stereocenters. The zero-order valence-electron chi connectivity index (χ0n) is 18.5. The molecule has 0 fully saturated rings. The molecule has 0 heterocycles. The van der Waals surface area contributed by atoms with E-state index in [1.807, 2.05) is 24.3 Å². The van der Waals surface area contributed by atoms with Gasteiger partial charge in [-0.15, -0.1) is 0 Å². The van der Waals surface area contributed by atoms with E-state index < -0.39 is 5.97 Å². The molecule has 0 aliphatic carbocycles. The summed E-state index contributed by atoms with van der Waals surface area (Å²) >= 11 is 0. The van der Waals surface area contributed by atoms with Gasteiger partial charge in [0.05, 0.1) is 0 Å². The lowest BCUT2D eigenvalue weighted by molar-refractivity contribution is -0.128. The van der Waals surface area contributed by atoms with Crippen LogP contribution in [0.2, 0.25) is 0 Å². The molecule has 4 aromatic rings. The van der Waals surface area contributed by atoms with E-state index >= 15 is 0 Å². The molecule has 0 bridgehead atoms. The Labute approximate surface area is 194 Å². The number of benzene rings is 4. The molecule has 162 valence electrons. The van der Waals surface area contributed by atoms with Gasteiger partial charge in [-0.05, 0) is 66.6 Å². The van der Waals surface area contributed by atoms with Crippen LogP contribution in [-0.4, -0.2) is 5.97 Å². The first-order chi connectivity index (χ1) is 16.1. The van der Waals surface area contributed by atoms with Crippen molar-refractivity contribution in [2.45, 2.75) is 6.92 Å². The van der Waals surface area contributed by atoms with Crippen molar-refractivity contribution in [2.24, 2.45) is 0 Å². The maximum absolute atomic E-state index is 11.3. The summed E-state index contributed by atoms with van der Waals surface area (Å²) in [6.07, 6.45) is 5.24. The molecule has 0 spiro atoms. The van der Waals surface area contributed by atoms with E-state index in [1.54, 1.807) is 12.1 Å². The van der Waals surface area contributed by atoms with Crippen molar-refractivity contribution in [2.75, 3.05) is 4.90 Å². The van der Waals surface area contributed by atoms with Gasteiger partial charge < -0.3 is 9.64 Å². The molecule has 3 heteroatoms. The fraction of sp³-hybridized carbons (Fsp3) is 0.0333. The van der Waals surface area contributed by atoms with Crippen LogP contribution in [0.25, 0.3) is 12.2 Å². The van der Waals surface area contributed by atoms with Gasteiger partial charge in [-0.1, -0.05) is 78.9 Å². The van der Waals surface area contributed by atoms with Crippen molar-refractivity contribution in [3.8, 4) is 5.75 Å². The molecule has 4 aromatic carbocycles. The summed E-state index contributed by atoms with van der Waals surface area (Å²) in [4.78, 5) is 13.5. The molecule has 33 heavy (non-hydrogen) atoms. The highest BCUT2D eigenvalue weighted by Gasteiger charge is 2.11. The Bertz CT molecular complexity index is 1240. The van der Waals surface area contributed by atoms with Crippen LogP contribution in [0.3, 0.4) is 0 Å². The Hall–Kier alpha value is -4.37. The molecule has 0 aliphatic rings. The van der Waals surface area contributed by atoms with Crippen LogP contribution in [0.4, 0.5) is 17.1 Å². The van der Waals surface area contributed by atoms with Crippen LogP contribution >= 0.6 is 0 Å². The number of nitrogens with zero attached hydrogens (tertiary/aromatic N) is 1. The fourth-order valence-corrected chi connectivity index (χ4v) is 3.45. The average Bonchev–Trinajstić information content (AvgIpc) is 2.86. The molecule has 0 N–H and O–H groups in total. The van der Waals surface area contributed by atoms with Gasteiger partial charge in [0, 0.05) is 23.1 Å². The molecular weight excluding hydrogens is 406 g/mol. The van der Waals surface area contributed by atoms with Gasteiger partial charge >= 0.3 is 5.97 Å². The van der Waals surface area contributed by atoms with Crippen molar-refractivity contribution in [1.29, 1.82) is 0 Å². The van der Waals surface area contributed by atoms with Gasteiger partial charge in [-0.25, -0.2) is 4.79 Å². The highest BCUT2D eigenvalue weighted by atomic mass is 16.5. The zero-order chi connectivity index (χ0) is 23.0. The number of aryl methyl sites for hydroxylation is 1. The Morgan fingerprint density at radius 3 is 1.73 bits per heavy atom. The van der Waals surface area contributed by atoms with Gasteiger partial charge in [0.25, 0.3) is 0 Å². The molecule has 0 unspecified atom stereocenters. The minimum Gasteiger partial charge on any atom is -0.423 e. The molecule has 3 nitrogen and oxygen atoms in total. The SMILES string of the molecule is C=CC(=O)Oc1ccc(C=Cc2ccc(N(c3ccccc3)c3ccc(C)cc3)cc2)cc1. The van der Waals surface area contributed by atoms with Gasteiger partial charge in [-0.3, -0.25) is 0 Å². The lowest BCUT2D eigenvalue weighted by Gasteiger charge is -2.25. The number of hydrogen-bond donors (Lipinski definition) is 0. The van der Waals surface area contributed by atoms with Crippen LogP contribution in [0.5, 0.6) is 5.75 Å². The lowest BCUT2D eigenvalue weighted by atomic mass is 10.1. The molecule has 0 aromatic heterocycles. The van der Waals surface area contributed by atoms with Crippen molar-refractivity contribution in [3.63, 3.8) is 0 Å². The van der Waals surface area contributed by atoms with Crippen LogP contribution < -0.4 is 9.64 Å². The maximum Gasteiger partial charge on any atom is 0.335 e. The molecule has 0 saturated carbocycles. The normalized spacial score (nSPS) is 10.7. The van der Waals surface area contributed by atoms with E-state index in [0.717, 1.165) is 34.3 Å². The second-order valence-corrected chi connectivity index (χ2v) is 7.63. The summed E-state index contributed by atoms with van der Waals surface area (Å²) < 4.78 is 5.11. The van der Waals surface area contributed by atoms with Crippen molar-refractivity contribution < 1.29 is 9.53 Å². The average molecular weight is 432 g/mol. The van der Waals surface area contributed by atoms with E-state index in [-0.39, 0.29) is 0 Å². The molecule has 0 radical (unpaired) electrons. The lowest BCUT2D eigenvalue weighted by Crippen LogP contribution is -2.09. The van der Waals surface area contributed by atoms with Crippen molar-refractivity contribution >= 4 is 35.2 Å². The monoisotopic (exact) mass is 431 g/mol. The number of hydrogen-bond acceptors (Lipinski definition) is 3. The Balaban J connectivity index is 1.54. The highest BCUT2D eigenvalue weighted by Crippen LogP contribution is 2.34. The molecule has 0 aliphatic heterocycles. The molecule has 0 saturated heterocycles. The third-order valence-electron chi connectivity index (χ3n) is 5.19. The van der Waals surface area contributed by atoms with E-state index in [2.05, 4.69) is 97.3 Å². The van der Waals surface area contributed by atoms with Crippen LogP contribution in [0.15, 0.2) is 116 Å². The second-order valence-electron chi connectivity index (χ2n) is 7.63. The second kappa shape index (κ2) is 10.3. The number of carbonyl (C=O) groups excluding carboxylic acids is 1. The topological polar surface area (TPSA) is 29.5 Å². The minimum atomic E-state index is -0.464. The minimum absolute atomic E-state index is 0.464. The highest BCUT2D eigenvalue weighted by molar-refractivity contribution is 5.83. The quantitative estimate of drug-likeness (QED) is 0.130. The van der Waals surface area contributed by atoms with E-state index in [1.165, 1.54) is 5.56 Å². The fourth-order valence-electron chi connectivity index (χ4n) is 3.45. The third-order valence-corrected chi connectivity index (χ3v) is 5.19. The summed E-state index contributed by atoms with van der Waals surface area (Å²) in [5.74, 6) is 0.0343. The largest absolute Gasteiger partial charge is 0.423 e. The smallest absolute Gasteiger partial charge is 0.335 e. The summed E-state index contributed by atoms with van der Waals surface area (Å²) in [6.45, 7) is 5.50. The number of carbonyl (C=O) groups is 1. The molecular formula is C30H25NO2. The van der Waals surface area contributed by atoms with Gasteiger partial charge in [-0.2, -0.15) is 0 Å². The molecule has 4 rings (SSSR count). The van der Waals surface area contributed by atoms with Crippen LogP contribution in [0.1, 0.15) is 16.7 Å². The summed E-state index contributed by atoms with van der Waals surface area (Å²) in [7, 11) is 0. The first-order valence-electron chi connectivity index (χ1n) is 10.8. The molecule has 0 amide bonds.